The molecule has 5 nitrogen and oxygen atoms in total. The number of hydrogen-bond donors (Lipinski definition) is 1. The van der Waals surface area contributed by atoms with Gasteiger partial charge in [-0.25, -0.2) is 9.24 Å². The maximum Gasteiger partial charge on any atom is 0.236 e. The van der Waals surface area contributed by atoms with Gasteiger partial charge in [-0.15, -0.1) is 0 Å². The number of hydrogen-bond acceptors (Lipinski definition) is 3. The van der Waals surface area contributed by atoms with Crippen LogP contribution in [0.25, 0.3) is 4.85 Å². The van der Waals surface area contributed by atoms with Gasteiger partial charge in [0.1, 0.15) is 5.82 Å². The third kappa shape index (κ3) is 2.47. The summed E-state index contributed by atoms with van der Waals surface area (Å²) in [5.74, 6) is -0.501. The Labute approximate surface area is 155 Å². The van der Waals surface area contributed by atoms with Crippen molar-refractivity contribution in [2.45, 2.75) is 18.9 Å². The van der Waals surface area contributed by atoms with E-state index in [0.717, 1.165) is 18.8 Å². The summed E-state index contributed by atoms with van der Waals surface area (Å²) in [6.07, 6.45) is 2.96. The maximum atomic E-state index is 13.5. The summed E-state index contributed by atoms with van der Waals surface area (Å²) in [6.45, 7) is 8.61. The zero-order chi connectivity index (χ0) is 18.3. The molecule has 0 saturated carbocycles. The summed E-state index contributed by atoms with van der Waals surface area (Å²) < 4.78 is 13.5. The Morgan fingerprint density at radius 3 is 2.69 bits per heavy atom. The predicted molar refractivity (Wildman–Crippen MR) is 96.7 cm³/mol. The van der Waals surface area contributed by atoms with E-state index in [0.29, 0.717) is 24.2 Å². The molecule has 1 N–H and O–H groups in total. The minimum atomic E-state index is -0.518. The van der Waals surface area contributed by atoms with E-state index < -0.39 is 11.2 Å². The van der Waals surface area contributed by atoms with Gasteiger partial charge in [-0.05, 0) is 50.2 Å². The van der Waals surface area contributed by atoms with E-state index in [-0.39, 0.29) is 17.0 Å². The fourth-order valence-corrected chi connectivity index (χ4v) is 4.13. The highest BCUT2D eigenvalue weighted by molar-refractivity contribution is 6.31. The number of carbonyl (C=O) groups is 1. The molecule has 2 aromatic rings. The van der Waals surface area contributed by atoms with Crippen molar-refractivity contribution in [2.24, 2.45) is 5.41 Å². The molecule has 1 atom stereocenters. The molecule has 4 rings (SSSR count). The zero-order valence-electron chi connectivity index (χ0n) is 13.9. The number of anilines is 1. The van der Waals surface area contributed by atoms with Crippen LogP contribution in [0.5, 0.6) is 0 Å². The number of piperidine rings is 1. The number of halogens is 2. The first-order chi connectivity index (χ1) is 12.6. The van der Waals surface area contributed by atoms with Gasteiger partial charge in [-0.1, -0.05) is 17.7 Å². The quantitative estimate of drug-likeness (QED) is 0.644. The number of rotatable bonds is 2. The van der Waals surface area contributed by atoms with Crippen LogP contribution in [0.4, 0.5) is 15.8 Å². The average molecular weight is 371 g/mol. The van der Waals surface area contributed by atoms with Crippen LogP contribution in [0, 0.1) is 17.8 Å². The second-order valence-electron chi connectivity index (χ2n) is 6.64. The van der Waals surface area contributed by atoms with Crippen molar-refractivity contribution in [3.8, 4) is 0 Å². The lowest BCUT2D eigenvalue weighted by Crippen LogP contribution is -2.66. The number of benzene rings is 1. The summed E-state index contributed by atoms with van der Waals surface area (Å²) in [5.41, 5.74) is 1.24. The molecular formula is C19H16ClFN4O. The van der Waals surface area contributed by atoms with Crippen LogP contribution >= 0.6 is 11.6 Å². The molecule has 1 aromatic carbocycles. The molecule has 1 spiro atoms. The lowest BCUT2D eigenvalue weighted by molar-refractivity contribution is -0.142. The lowest BCUT2D eigenvalue weighted by atomic mass is 9.63. The Balaban J connectivity index is 1.78. The van der Waals surface area contributed by atoms with Gasteiger partial charge >= 0.3 is 0 Å². The molecular weight excluding hydrogens is 355 g/mol. The third-order valence-electron chi connectivity index (χ3n) is 5.28. The highest BCUT2D eigenvalue weighted by Crippen LogP contribution is 2.56. The smallest absolute Gasteiger partial charge is 0.236 e. The molecule has 0 bridgehead atoms. The Morgan fingerprint density at radius 1 is 1.31 bits per heavy atom. The number of aromatic nitrogens is 1. The van der Waals surface area contributed by atoms with Gasteiger partial charge in [0, 0.05) is 11.9 Å². The van der Waals surface area contributed by atoms with Gasteiger partial charge in [0.25, 0.3) is 0 Å². The summed E-state index contributed by atoms with van der Waals surface area (Å²) in [7, 11) is 0. The average Bonchev–Trinajstić information content (AvgIpc) is 2.68. The van der Waals surface area contributed by atoms with Gasteiger partial charge < -0.3 is 10.2 Å². The number of nitrogens with zero attached hydrogens (tertiary/aromatic N) is 3. The van der Waals surface area contributed by atoms with Crippen molar-refractivity contribution in [1.82, 2.24) is 10.3 Å². The molecule has 2 fully saturated rings. The highest BCUT2D eigenvalue weighted by Gasteiger charge is 2.61. The molecule has 3 heterocycles. The van der Waals surface area contributed by atoms with Crippen molar-refractivity contribution in [1.29, 1.82) is 0 Å². The number of amides is 1. The zero-order valence-corrected chi connectivity index (χ0v) is 14.6. The molecule has 2 saturated heterocycles. The second-order valence-corrected chi connectivity index (χ2v) is 7.04. The normalized spacial score (nSPS) is 21.3. The second kappa shape index (κ2) is 6.35. The van der Waals surface area contributed by atoms with E-state index >= 15 is 0 Å². The SMILES string of the molecule is [C-]#[N+]c1ccc(C2N(c3ccc(F)c(Cl)c3)C(=O)C23CCNCC3)nc1. The first kappa shape index (κ1) is 17.0. The van der Waals surface area contributed by atoms with E-state index in [2.05, 4.69) is 15.1 Å². The van der Waals surface area contributed by atoms with Crippen molar-refractivity contribution < 1.29 is 9.18 Å². The molecule has 1 unspecified atom stereocenters. The van der Waals surface area contributed by atoms with Gasteiger partial charge in [-0.3, -0.25) is 9.78 Å². The first-order valence-electron chi connectivity index (χ1n) is 8.40. The molecule has 1 aromatic heterocycles. The summed E-state index contributed by atoms with van der Waals surface area (Å²) in [6, 6.07) is 7.56. The van der Waals surface area contributed by atoms with E-state index in [1.165, 1.54) is 18.3 Å². The van der Waals surface area contributed by atoms with Crippen molar-refractivity contribution in [3.63, 3.8) is 0 Å². The van der Waals surface area contributed by atoms with Crippen LogP contribution in [0.3, 0.4) is 0 Å². The van der Waals surface area contributed by atoms with E-state index in [4.69, 9.17) is 18.2 Å². The Kier molecular flexibility index (Phi) is 4.14. The topological polar surface area (TPSA) is 49.6 Å². The van der Waals surface area contributed by atoms with Gasteiger partial charge in [0.15, 0.2) is 0 Å². The van der Waals surface area contributed by atoms with Gasteiger partial charge in [0.05, 0.1) is 28.7 Å². The maximum absolute atomic E-state index is 13.5. The monoisotopic (exact) mass is 370 g/mol. The van der Waals surface area contributed by atoms with Gasteiger partial charge in [0.2, 0.25) is 11.6 Å². The third-order valence-corrected chi connectivity index (χ3v) is 5.57. The van der Waals surface area contributed by atoms with Crippen LogP contribution in [-0.2, 0) is 4.79 Å². The van der Waals surface area contributed by atoms with E-state index in [1.807, 2.05) is 0 Å². The number of β-lactam (4-membered cyclic amide) rings is 1. The van der Waals surface area contributed by atoms with E-state index in [9.17, 15) is 9.18 Å². The number of pyridine rings is 1. The number of carbonyl (C=O) groups excluding carboxylic acids is 1. The first-order valence-corrected chi connectivity index (χ1v) is 8.77. The van der Waals surface area contributed by atoms with Crippen LogP contribution in [0.15, 0.2) is 36.5 Å². The van der Waals surface area contributed by atoms with Crippen LogP contribution < -0.4 is 10.2 Å². The highest BCUT2D eigenvalue weighted by atomic mass is 35.5. The molecule has 2 aliphatic rings. The Bertz CT molecular complexity index is 903. The fraction of sp³-hybridized carbons (Fsp3) is 0.316. The predicted octanol–water partition coefficient (Wildman–Crippen LogP) is 3.88. The molecule has 0 aliphatic carbocycles. The minimum absolute atomic E-state index is 0.0164. The van der Waals surface area contributed by atoms with Crippen LogP contribution in [0.2, 0.25) is 5.02 Å². The lowest BCUT2D eigenvalue weighted by Gasteiger charge is -2.57. The Morgan fingerprint density at radius 2 is 2.08 bits per heavy atom. The molecule has 2 aliphatic heterocycles. The fourth-order valence-electron chi connectivity index (χ4n) is 3.96. The summed E-state index contributed by atoms with van der Waals surface area (Å²) in [4.78, 5) is 22.6. The van der Waals surface area contributed by atoms with Crippen LogP contribution in [-0.4, -0.2) is 24.0 Å². The van der Waals surface area contributed by atoms with Crippen molar-refractivity contribution in [3.05, 3.63) is 64.5 Å². The van der Waals surface area contributed by atoms with Crippen LogP contribution in [0.1, 0.15) is 24.6 Å². The van der Waals surface area contributed by atoms with Crippen molar-refractivity contribution >= 4 is 28.9 Å². The minimum Gasteiger partial charge on any atom is -0.317 e. The largest absolute Gasteiger partial charge is 0.317 e. The Hall–Kier alpha value is -2.49. The molecule has 0 radical (unpaired) electrons. The summed E-state index contributed by atoms with van der Waals surface area (Å²) in [5, 5.41) is 3.27. The summed E-state index contributed by atoms with van der Waals surface area (Å²) >= 11 is 5.93. The molecule has 1 amide bonds. The molecule has 26 heavy (non-hydrogen) atoms. The van der Waals surface area contributed by atoms with Gasteiger partial charge in [-0.2, -0.15) is 0 Å². The van der Waals surface area contributed by atoms with E-state index in [1.54, 1.807) is 23.1 Å². The standard InChI is InChI=1S/C19H16ClFN4O/c1-22-12-2-5-16(24-11-12)17-19(6-8-23-9-7-19)18(26)25(17)13-3-4-15(21)14(20)10-13/h2-5,10-11,17,23H,6-9H2. The molecule has 132 valence electrons. The number of nitrogens with one attached hydrogen (secondary N) is 1. The molecule has 7 heteroatoms. The van der Waals surface area contributed by atoms with Crippen molar-refractivity contribution in [2.75, 3.05) is 18.0 Å².